The van der Waals surface area contributed by atoms with Gasteiger partial charge in [-0.25, -0.2) is 4.79 Å². The van der Waals surface area contributed by atoms with Gasteiger partial charge in [-0.15, -0.1) is 0 Å². The zero-order valence-corrected chi connectivity index (χ0v) is 20.2. The molecule has 0 aliphatic carbocycles. The molecule has 1 fully saturated rings. The highest BCUT2D eigenvalue weighted by Crippen LogP contribution is 2.48. The van der Waals surface area contributed by atoms with Crippen LogP contribution in [0.1, 0.15) is 43.1 Å². The van der Waals surface area contributed by atoms with Crippen LogP contribution >= 0.6 is 0 Å². The molecule has 0 bridgehead atoms. The second kappa shape index (κ2) is 9.36. The maximum Gasteiger partial charge on any atom is 0.328 e. The second-order valence-electron chi connectivity index (χ2n) is 9.36. The van der Waals surface area contributed by atoms with Gasteiger partial charge in [-0.3, -0.25) is 14.6 Å². The van der Waals surface area contributed by atoms with Crippen LogP contribution in [0.3, 0.4) is 0 Å². The third kappa shape index (κ3) is 3.86. The molecule has 3 heterocycles. The van der Waals surface area contributed by atoms with E-state index in [1.54, 1.807) is 4.90 Å². The number of urea groups is 1. The van der Waals surface area contributed by atoms with Gasteiger partial charge in [0.25, 0.3) is 5.91 Å². The van der Waals surface area contributed by atoms with Gasteiger partial charge in [-0.2, -0.15) is 0 Å². The van der Waals surface area contributed by atoms with E-state index in [1.165, 1.54) is 4.90 Å². The lowest BCUT2D eigenvalue weighted by molar-refractivity contribution is -0.133. The smallest absolute Gasteiger partial charge is 0.328 e. The van der Waals surface area contributed by atoms with Gasteiger partial charge in [0.1, 0.15) is 17.3 Å². The molecule has 2 aliphatic rings. The lowest BCUT2D eigenvalue weighted by Crippen LogP contribution is -2.53. The Morgan fingerprint density at radius 2 is 1.97 bits per heavy atom. The van der Waals surface area contributed by atoms with Crippen LogP contribution in [0.25, 0.3) is 10.9 Å². The number of rotatable bonds is 9. The molecular formula is C27H32N4O4. The van der Waals surface area contributed by atoms with Crippen LogP contribution in [0.15, 0.2) is 48.5 Å². The van der Waals surface area contributed by atoms with Crippen molar-refractivity contribution in [3.8, 4) is 5.75 Å². The first kappa shape index (κ1) is 23.4. The molecule has 3 N–H and O–H groups in total. The van der Waals surface area contributed by atoms with Crippen LogP contribution in [0.4, 0.5) is 4.79 Å². The number of nitrogens with one attached hydrogen (secondary N) is 2. The average Bonchev–Trinajstić information content (AvgIpc) is 3.30. The monoisotopic (exact) mass is 476 g/mol. The molecule has 0 saturated carbocycles. The predicted molar refractivity (Wildman–Crippen MR) is 133 cm³/mol. The summed E-state index contributed by atoms with van der Waals surface area (Å²) in [6.07, 6.45) is 1.06. The van der Waals surface area contributed by atoms with Crippen LogP contribution in [0.5, 0.6) is 5.75 Å². The summed E-state index contributed by atoms with van der Waals surface area (Å²) in [5.41, 5.74) is 2.95. The maximum absolute atomic E-state index is 13.8. The Morgan fingerprint density at radius 3 is 2.71 bits per heavy atom. The molecule has 2 aliphatic heterocycles. The van der Waals surface area contributed by atoms with Crippen LogP contribution < -0.4 is 10.1 Å². The number of nitrogens with zero attached hydrogens (tertiary/aromatic N) is 2. The molecule has 0 radical (unpaired) electrons. The van der Waals surface area contributed by atoms with Gasteiger partial charge in [0, 0.05) is 36.1 Å². The Kier molecular flexibility index (Phi) is 6.25. The van der Waals surface area contributed by atoms with Gasteiger partial charge < -0.3 is 20.1 Å². The van der Waals surface area contributed by atoms with Crippen molar-refractivity contribution in [2.24, 2.45) is 0 Å². The minimum atomic E-state index is -0.986. The van der Waals surface area contributed by atoms with Crippen molar-refractivity contribution in [3.05, 3.63) is 65.4 Å². The molecule has 2 atom stereocenters. The fourth-order valence-electron chi connectivity index (χ4n) is 5.49. The van der Waals surface area contributed by atoms with Crippen molar-refractivity contribution >= 4 is 22.8 Å². The van der Waals surface area contributed by atoms with Gasteiger partial charge in [0.2, 0.25) is 0 Å². The van der Waals surface area contributed by atoms with E-state index in [1.807, 2.05) is 62.4 Å². The van der Waals surface area contributed by atoms with Gasteiger partial charge in [-0.1, -0.05) is 30.3 Å². The SMILES string of the molecule is CCOc1ccc2[nH]c3c(c2c1)C[C@@]1(C)C(=O)N(CCCNCCO)C(=O)N1[C@@H]3c1ccccc1. The zero-order chi connectivity index (χ0) is 24.6. The van der Waals surface area contributed by atoms with Crippen LogP contribution in [-0.4, -0.2) is 70.2 Å². The minimum absolute atomic E-state index is 0.0584. The summed E-state index contributed by atoms with van der Waals surface area (Å²) in [5, 5.41) is 13.1. The topological polar surface area (TPSA) is 97.9 Å². The van der Waals surface area contributed by atoms with Gasteiger partial charge in [0.15, 0.2) is 0 Å². The molecular weight excluding hydrogens is 444 g/mol. The molecule has 2 aromatic carbocycles. The molecule has 0 spiro atoms. The molecule has 1 saturated heterocycles. The van der Waals surface area contributed by atoms with Crippen molar-refractivity contribution in [1.29, 1.82) is 0 Å². The molecule has 1 aromatic heterocycles. The lowest BCUT2D eigenvalue weighted by atomic mass is 9.81. The summed E-state index contributed by atoms with van der Waals surface area (Å²) in [6.45, 7) is 5.94. The van der Waals surface area contributed by atoms with E-state index in [2.05, 4.69) is 10.3 Å². The second-order valence-corrected chi connectivity index (χ2v) is 9.36. The molecule has 8 heteroatoms. The fourth-order valence-corrected chi connectivity index (χ4v) is 5.49. The number of fused-ring (bicyclic) bond motifs is 4. The van der Waals surface area contributed by atoms with Crippen molar-refractivity contribution in [2.75, 3.05) is 32.8 Å². The van der Waals surface area contributed by atoms with E-state index in [0.29, 0.717) is 39.1 Å². The molecule has 3 aromatic rings. The first-order chi connectivity index (χ1) is 17.0. The largest absolute Gasteiger partial charge is 0.494 e. The first-order valence-corrected chi connectivity index (χ1v) is 12.3. The summed E-state index contributed by atoms with van der Waals surface area (Å²) in [5.74, 6) is 0.628. The number of aliphatic hydroxyl groups excluding tert-OH is 1. The Labute approximate surface area is 204 Å². The van der Waals surface area contributed by atoms with Gasteiger partial charge >= 0.3 is 6.03 Å². The molecule has 184 valence electrons. The van der Waals surface area contributed by atoms with E-state index >= 15 is 0 Å². The Morgan fingerprint density at radius 1 is 1.17 bits per heavy atom. The number of imide groups is 1. The van der Waals surface area contributed by atoms with Crippen LogP contribution in [0, 0.1) is 0 Å². The zero-order valence-electron chi connectivity index (χ0n) is 20.2. The van der Waals surface area contributed by atoms with E-state index in [0.717, 1.165) is 33.5 Å². The number of ether oxygens (including phenoxy) is 1. The highest BCUT2D eigenvalue weighted by atomic mass is 16.5. The van der Waals surface area contributed by atoms with E-state index in [-0.39, 0.29) is 18.5 Å². The Bertz CT molecular complexity index is 1240. The van der Waals surface area contributed by atoms with Crippen molar-refractivity contribution in [2.45, 2.75) is 38.3 Å². The van der Waals surface area contributed by atoms with Crippen molar-refractivity contribution < 1.29 is 19.4 Å². The van der Waals surface area contributed by atoms with E-state index in [9.17, 15) is 9.59 Å². The van der Waals surface area contributed by atoms with E-state index in [4.69, 9.17) is 9.84 Å². The standard InChI is InChI=1S/C27H32N4O4/c1-3-35-19-10-11-22-20(16-19)21-17-27(2)25(33)30(14-7-12-28-13-15-32)26(34)31(27)24(23(21)29-22)18-8-5-4-6-9-18/h4-6,8-11,16,24,28-29,32H,3,7,12-15,17H2,1-2H3/t24-,27+/m1/s1. The number of aliphatic hydroxyl groups is 1. The Balaban J connectivity index is 1.58. The highest BCUT2D eigenvalue weighted by Gasteiger charge is 2.59. The number of carbonyl (C=O) groups excluding carboxylic acids is 2. The third-order valence-electron chi connectivity index (χ3n) is 7.09. The fraction of sp³-hybridized carbons (Fsp3) is 0.407. The average molecular weight is 477 g/mol. The Hall–Kier alpha value is -3.36. The lowest BCUT2D eigenvalue weighted by Gasteiger charge is -2.42. The number of aromatic nitrogens is 1. The third-order valence-corrected chi connectivity index (χ3v) is 7.09. The van der Waals surface area contributed by atoms with Gasteiger partial charge in [0.05, 0.1) is 13.2 Å². The maximum atomic E-state index is 13.8. The number of H-pyrrole nitrogens is 1. The van der Waals surface area contributed by atoms with E-state index < -0.39 is 11.6 Å². The molecule has 3 amide bonds. The quantitative estimate of drug-likeness (QED) is 0.326. The summed E-state index contributed by atoms with van der Waals surface area (Å²) >= 11 is 0. The summed E-state index contributed by atoms with van der Waals surface area (Å²) in [6, 6.07) is 15.2. The van der Waals surface area contributed by atoms with Crippen LogP contribution in [0.2, 0.25) is 0 Å². The predicted octanol–water partition coefficient (Wildman–Crippen LogP) is 3.21. The molecule has 35 heavy (non-hydrogen) atoms. The van der Waals surface area contributed by atoms with Crippen molar-refractivity contribution in [1.82, 2.24) is 20.1 Å². The van der Waals surface area contributed by atoms with Crippen LogP contribution in [-0.2, 0) is 11.2 Å². The number of hydrogen-bond acceptors (Lipinski definition) is 5. The number of aromatic amines is 1. The number of benzene rings is 2. The number of amides is 3. The highest BCUT2D eigenvalue weighted by molar-refractivity contribution is 6.08. The number of carbonyl (C=O) groups is 2. The normalized spacial score (nSPS) is 21.5. The minimum Gasteiger partial charge on any atom is -0.494 e. The van der Waals surface area contributed by atoms with Crippen molar-refractivity contribution in [3.63, 3.8) is 0 Å². The van der Waals surface area contributed by atoms with Gasteiger partial charge in [-0.05, 0) is 56.1 Å². The summed E-state index contributed by atoms with van der Waals surface area (Å²) in [4.78, 5) is 34.3. The first-order valence-electron chi connectivity index (χ1n) is 12.3. The molecule has 5 rings (SSSR count). The molecule has 8 nitrogen and oxygen atoms in total. The summed E-state index contributed by atoms with van der Waals surface area (Å²) < 4.78 is 5.75. The number of hydrogen-bond donors (Lipinski definition) is 3. The summed E-state index contributed by atoms with van der Waals surface area (Å²) in [7, 11) is 0. The molecule has 0 unspecified atom stereocenters.